The molecule has 0 saturated carbocycles. The standard InChI is InChI=1S/C32H36N4/c1-25(2)26(3)11-9-7-5-6-8-10-12-28-13-17-31(18-14-28)35-36-32-20-16-29(27(4)23-32)15-19-30-21-22-33-24-34-30/h13-14,16-18,20-24H,1,3,5-12H2,2,4H3/b36-35+. The number of nitrogens with zero attached hydrogens (tertiary/aromatic N) is 4. The molecule has 0 bridgehead atoms. The number of hydrogen-bond acceptors (Lipinski definition) is 4. The van der Waals surface area contributed by atoms with Crippen molar-refractivity contribution in [1.29, 1.82) is 0 Å². The first-order valence-electron chi connectivity index (χ1n) is 12.7. The Balaban J connectivity index is 1.39. The van der Waals surface area contributed by atoms with Gasteiger partial charge in [-0.2, -0.15) is 10.2 Å². The van der Waals surface area contributed by atoms with Crippen LogP contribution < -0.4 is 0 Å². The van der Waals surface area contributed by atoms with Gasteiger partial charge in [-0.15, -0.1) is 0 Å². The van der Waals surface area contributed by atoms with Crippen molar-refractivity contribution in [3.8, 4) is 11.8 Å². The highest BCUT2D eigenvalue weighted by molar-refractivity contribution is 5.51. The fourth-order valence-corrected chi connectivity index (χ4v) is 3.78. The molecule has 0 spiro atoms. The molecule has 184 valence electrons. The highest BCUT2D eigenvalue weighted by atomic mass is 15.1. The van der Waals surface area contributed by atoms with Crippen LogP contribution in [0.5, 0.6) is 0 Å². The van der Waals surface area contributed by atoms with Gasteiger partial charge in [-0.1, -0.05) is 68.0 Å². The maximum absolute atomic E-state index is 4.40. The lowest BCUT2D eigenvalue weighted by Crippen LogP contribution is -1.87. The number of allylic oxidation sites excluding steroid dienone is 2. The van der Waals surface area contributed by atoms with Crippen molar-refractivity contribution in [2.24, 2.45) is 10.2 Å². The lowest BCUT2D eigenvalue weighted by atomic mass is 10.0. The van der Waals surface area contributed by atoms with Gasteiger partial charge in [0.15, 0.2) is 0 Å². The van der Waals surface area contributed by atoms with Crippen LogP contribution in [-0.4, -0.2) is 9.97 Å². The Labute approximate surface area is 216 Å². The summed E-state index contributed by atoms with van der Waals surface area (Å²) < 4.78 is 0. The van der Waals surface area contributed by atoms with E-state index in [9.17, 15) is 0 Å². The summed E-state index contributed by atoms with van der Waals surface area (Å²) in [6.45, 7) is 12.1. The van der Waals surface area contributed by atoms with Gasteiger partial charge < -0.3 is 0 Å². The highest BCUT2D eigenvalue weighted by Gasteiger charge is 2.00. The van der Waals surface area contributed by atoms with Crippen molar-refractivity contribution in [2.75, 3.05) is 0 Å². The van der Waals surface area contributed by atoms with Gasteiger partial charge in [0, 0.05) is 11.8 Å². The van der Waals surface area contributed by atoms with Gasteiger partial charge in [0.1, 0.15) is 12.0 Å². The SMILES string of the molecule is C=C(C)C(=C)CCCCCCCCc1ccc(/N=N/c2ccc(C#Cc3ccncn3)c(C)c2)cc1. The Kier molecular flexibility index (Phi) is 10.8. The average Bonchev–Trinajstić information content (AvgIpc) is 2.89. The molecule has 0 aliphatic heterocycles. The predicted molar refractivity (Wildman–Crippen MR) is 150 cm³/mol. The molecule has 0 fully saturated rings. The van der Waals surface area contributed by atoms with Gasteiger partial charge in [-0.05, 0) is 93.0 Å². The lowest BCUT2D eigenvalue weighted by Gasteiger charge is -2.05. The first kappa shape index (κ1) is 26.8. The van der Waals surface area contributed by atoms with Crippen LogP contribution in [0.15, 0.2) is 95.6 Å². The van der Waals surface area contributed by atoms with Gasteiger partial charge >= 0.3 is 0 Å². The molecule has 4 nitrogen and oxygen atoms in total. The molecule has 3 rings (SSSR count). The van der Waals surface area contributed by atoms with Crippen molar-refractivity contribution in [1.82, 2.24) is 9.97 Å². The zero-order valence-electron chi connectivity index (χ0n) is 21.6. The molecule has 0 amide bonds. The molecule has 0 saturated heterocycles. The molecular weight excluding hydrogens is 440 g/mol. The molecule has 0 aliphatic carbocycles. The summed E-state index contributed by atoms with van der Waals surface area (Å²) in [5, 5.41) is 8.81. The number of azo groups is 1. The number of benzene rings is 2. The van der Waals surface area contributed by atoms with Gasteiger partial charge in [-0.3, -0.25) is 0 Å². The van der Waals surface area contributed by atoms with Crippen LogP contribution in [0.1, 0.15) is 74.3 Å². The smallest absolute Gasteiger partial charge is 0.116 e. The van der Waals surface area contributed by atoms with Crippen LogP contribution in [0.4, 0.5) is 11.4 Å². The van der Waals surface area contributed by atoms with E-state index >= 15 is 0 Å². The third-order valence-corrected chi connectivity index (χ3v) is 6.13. The van der Waals surface area contributed by atoms with Gasteiger partial charge in [0.25, 0.3) is 0 Å². The van der Waals surface area contributed by atoms with Crippen molar-refractivity contribution in [3.05, 3.63) is 108 Å². The van der Waals surface area contributed by atoms with Crippen LogP contribution in [0.2, 0.25) is 0 Å². The van der Waals surface area contributed by atoms with E-state index in [-0.39, 0.29) is 0 Å². The van der Waals surface area contributed by atoms with Crippen LogP contribution in [-0.2, 0) is 6.42 Å². The lowest BCUT2D eigenvalue weighted by molar-refractivity contribution is 0.594. The summed E-state index contributed by atoms with van der Waals surface area (Å²) in [5.74, 6) is 6.22. The van der Waals surface area contributed by atoms with Crippen molar-refractivity contribution in [3.63, 3.8) is 0 Å². The van der Waals surface area contributed by atoms with E-state index in [1.54, 1.807) is 12.3 Å². The van der Waals surface area contributed by atoms with E-state index in [2.05, 4.69) is 57.3 Å². The minimum atomic E-state index is 0.702. The molecule has 1 heterocycles. The molecular formula is C32H36N4. The van der Waals surface area contributed by atoms with Crippen LogP contribution in [0.25, 0.3) is 0 Å². The zero-order valence-corrected chi connectivity index (χ0v) is 21.6. The minimum Gasteiger partial charge on any atom is -0.245 e. The molecule has 0 unspecified atom stereocenters. The van der Waals surface area contributed by atoms with Gasteiger partial charge in [0.2, 0.25) is 0 Å². The molecule has 0 aliphatic rings. The first-order chi connectivity index (χ1) is 17.5. The Morgan fingerprint density at radius 2 is 1.53 bits per heavy atom. The van der Waals surface area contributed by atoms with Crippen LogP contribution >= 0.6 is 0 Å². The summed E-state index contributed by atoms with van der Waals surface area (Å²) in [6, 6.07) is 16.1. The zero-order chi connectivity index (χ0) is 25.6. The highest BCUT2D eigenvalue weighted by Crippen LogP contribution is 2.22. The maximum Gasteiger partial charge on any atom is 0.116 e. The molecule has 1 aromatic heterocycles. The number of hydrogen-bond donors (Lipinski definition) is 0. The number of aromatic nitrogens is 2. The molecule has 0 atom stereocenters. The Hall–Kier alpha value is -3.84. The van der Waals surface area contributed by atoms with E-state index in [0.717, 1.165) is 40.9 Å². The summed E-state index contributed by atoms with van der Waals surface area (Å²) in [7, 11) is 0. The topological polar surface area (TPSA) is 50.5 Å². The summed E-state index contributed by atoms with van der Waals surface area (Å²) in [5.41, 5.74) is 8.06. The third-order valence-electron chi connectivity index (χ3n) is 6.13. The van der Waals surface area contributed by atoms with Crippen molar-refractivity contribution in [2.45, 2.75) is 65.2 Å². The second kappa shape index (κ2) is 14.5. The van der Waals surface area contributed by atoms with E-state index in [1.807, 2.05) is 44.2 Å². The molecule has 2 aromatic carbocycles. The molecule has 0 N–H and O–H groups in total. The van der Waals surface area contributed by atoms with E-state index in [4.69, 9.17) is 0 Å². The Morgan fingerprint density at radius 1 is 0.833 bits per heavy atom. The third kappa shape index (κ3) is 9.43. The van der Waals surface area contributed by atoms with E-state index in [0.29, 0.717) is 5.69 Å². The quantitative estimate of drug-likeness (QED) is 0.113. The second-order valence-corrected chi connectivity index (χ2v) is 9.22. The first-order valence-corrected chi connectivity index (χ1v) is 12.7. The van der Waals surface area contributed by atoms with Crippen molar-refractivity contribution < 1.29 is 0 Å². The largest absolute Gasteiger partial charge is 0.245 e. The van der Waals surface area contributed by atoms with E-state index in [1.165, 1.54) is 56.0 Å². The molecule has 36 heavy (non-hydrogen) atoms. The van der Waals surface area contributed by atoms with Gasteiger partial charge in [-0.25, -0.2) is 9.97 Å². The van der Waals surface area contributed by atoms with Crippen LogP contribution in [0, 0.1) is 18.8 Å². The molecule has 0 radical (unpaired) electrons. The summed E-state index contributed by atoms with van der Waals surface area (Å²) >= 11 is 0. The molecule has 4 heteroatoms. The normalized spacial score (nSPS) is 10.7. The number of aryl methyl sites for hydroxylation is 2. The summed E-state index contributed by atoms with van der Waals surface area (Å²) in [4.78, 5) is 8.04. The van der Waals surface area contributed by atoms with Gasteiger partial charge in [0.05, 0.1) is 11.4 Å². The number of unbranched alkanes of at least 4 members (excludes halogenated alkanes) is 5. The minimum absolute atomic E-state index is 0.702. The average molecular weight is 477 g/mol. The summed E-state index contributed by atoms with van der Waals surface area (Å²) in [6.07, 6.45) is 13.0. The fraction of sp³-hybridized carbons (Fsp3) is 0.312. The predicted octanol–water partition coefficient (Wildman–Crippen LogP) is 9.01. The fourth-order valence-electron chi connectivity index (χ4n) is 3.78. The Morgan fingerprint density at radius 3 is 2.22 bits per heavy atom. The molecule has 3 aromatic rings. The van der Waals surface area contributed by atoms with E-state index < -0.39 is 0 Å². The number of rotatable bonds is 12. The van der Waals surface area contributed by atoms with Crippen molar-refractivity contribution >= 4 is 11.4 Å². The maximum atomic E-state index is 4.40. The Bertz CT molecular complexity index is 1230. The second-order valence-electron chi connectivity index (χ2n) is 9.22. The monoisotopic (exact) mass is 476 g/mol. The van der Waals surface area contributed by atoms with Crippen LogP contribution in [0.3, 0.4) is 0 Å².